The van der Waals surface area contributed by atoms with Gasteiger partial charge in [0, 0.05) is 16.4 Å². The van der Waals surface area contributed by atoms with Crippen molar-refractivity contribution < 1.29 is 19.1 Å². The molecule has 0 N–H and O–H groups in total. The van der Waals surface area contributed by atoms with Crippen LogP contribution in [0.1, 0.15) is 23.0 Å². The second-order valence-electron chi connectivity index (χ2n) is 4.35. The van der Waals surface area contributed by atoms with Gasteiger partial charge in [-0.1, -0.05) is 28.2 Å². The lowest BCUT2D eigenvalue weighted by Gasteiger charge is -2.12. The summed E-state index contributed by atoms with van der Waals surface area (Å²) in [5.74, 6) is -0.882. The Kier molecular flexibility index (Phi) is 6.37. The predicted molar refractivity (Wildman–Crippen MR) is 87.8 cm³/mol. The Morgan fingerprint density at radius 3 is 2.78 bits per heavy atom. The standard InChI is InChI=1S/C14H13ClN2O4S2/c1-8(13(18)20-2)22-11-6-4-3-5-9(11)14(19)21-7-10-12(15)23-17-16-10/h3-6,8H,7H2,1-2H3. The van der Waals surface area contributed by atoms with Crippen molar-refractivity contribution in [3.8, 4) is 0 Å². The minimum Gasteiger partial charge on any atom is -0.468 e. The summed E-state index contributed by atoms with van der Waals surface area (Å²) in [5.41, 5.74) is 0.783. The highest BCUT2D eigenvalue weighted by Gasteiger charge is 2.20. The maximum absolute atomic E-state index is 12.3. The van der Waals surface area contributed by atoms with Gasteiger partial charge < -0.3 is 9.47 Å². The molecule has 1 aromatic carbocycles. The molecule has 0 radical (unpaired) electrons. The zero-order valence-corrected chi connectivity index (χ0v) is 14.7. The van der Waals surface area contributed by atoms with Gasteiger partial charge in [0.15, 0.2) is 0 Å². The molecule has 0 aliphatic rings. The van der Waals surface area contributed by atoms with Crippen LogP contribution >= 0.6 is 34.9 Å². The first-order valence-corrected chi connectivity index (χ1v) is 8.53. The molecular weight excluding hydrogens is 360 g/mol. The van der Waals surface area contributed by atoms with Crippen LogP contribution < -0.4 is 0 Å². The smallest absolute Gasteiger partial charge is 0.339 e. The largest absolute Gasteiger partial charge is 0.468 e. The molecular formula is C14H13ClN2O4S2. The van der Waals surface area contributed by atoms with Crippen LogP contribution in [0.2, 0.25) is 4.34 Å². The van der Waals surface area contributed by atoms with E-state index in [4.69, 9.17) is 16.3 Å². The number of ether oxygens (including phenoxy) is 2. The molecule has 1 atom stereocenters. The SMILES string of the molecule is COC(=O)C(C)Sc1ccccc1C(=O)OCc1nnsc1Cl. The van der Waals surface area contributed by atoms with Crippen LogP contribution in [-0.2, 0) is 20.9 Å². The number of hydrogen-bond donors (Lipinski definition) is 0. The maximum Gasteiger partial charge on any atom is 0.339 e. The van der Waals surface area contributed by atoms with Crippen molar-refractivity contribution in [1.82, 2.24) is 9.59 Å². The lowest BCUT2D eigenvalue weighted by molar-refractivity contribution is -0.139. The summed E-state index contributed by atoms with van der Waals surface area (Å²) in [5, 5.41) is 3.34. The van der Waals surface area contributed by atoms with E-state index < -0.39 is 11.2 Å². The molecule has 23 heavy (non-hydrogen) atoms. The number of halogens is 1. The zero-order chi connectivity index (χ0) is 16.8. The quantitative estimate of drug-likeness (QED) is 0.569. The van der Waals surface area contributed by atoms with E-state index in [-0.39, 0.29) is 12.6 Å². The van der Waals surface area contributed by atoms with Crippen molar-refractivity contribution >= 4 is 46.8 Å². The molecule has 0 aliphatic heterocycles. The van der Waals surface area contributed by atoms with Crippen LogP contribution in [-0.4, -0.2) is 33.9 Å². The van der Waals surface area contributed by atoms with Gasteiger partial charge in [-0.05, 0) is 19.1 Å². The van der Waals surface area contributed by atoms with E-state index >= 15 is 0 Å². The molecule has 0 fully saturated rings. The molecule has 1 heterocycles. The molecule has 6 nitrogen and oxygen atoms in total. The van der Waals surface area contributed by atoms with Crippen molar-refractivity contribution in [1.29, 1.82) is 0 Å². The Bertz CT molecular complexity index is 708. The molecule has 2 rings (SSSR count). The van der Waals surface area contributed by atoms with Gasteiger partial charge in [-0.15, -0.1) is 16.9 Å². The number of thioether (sulfide) groups is 1. The van der Waals surface area contributed by atoms with E-state index in [0.29, 0.717) is 20.5 Å². The van der Waals surface area contributed by atoms with E-state index in [9.17, 15) is 9.59 Å². The van der Waals surface area contributed by atoms with Crippen molar-refractivity contribution in [2.75, 3.05) is 7.11 Å². The van der Waals surface area contributed by atoms with E-state index in [1.165, 1.54) is 18.9 Å². The fourth-order valence-electron chi connectivity index (χ4n) is 1.64. The van der Waals surface area contributed by atoms with Gasteiger partial charge in [-0.25, -0.2) is 4.79 Å². The van der Waals surface area contributed by atoms with Crippen LogP contribution in [0.5, 0.6) is 0 Å². The highest BCUT2D eigenvalue weighted by atomic mass is 35.5. The molecule has 0 spiro atoms. The Balaban J connectivity index is 2.08. The van der Waals surface area contributed by atoms with E-state index in [1.54, 1.807) is 31.2 Å². The Hall–Kier alpha value is -1.64. The Morgan fingerprint density at radius 1 is 1.39 bits per heavy atom. The van der Waals surface area contributed by atoms with Crippen molar-refractivity contribution in [2.45, 2.75) is 23.7 Å². The number of hydrogen-bond acceptors (Lipinski definition) is 8. The summed E-state index contributed by atoms with van der Waals surface area (Å²) >= 11 is 8.12. The van der Waals surface area contributed by atoms with Crippen molar-refractivity contribution in [3.63, 3.8) is 0 Å². The minimum absolute atomic E-state index is 0.0558. The van der Waals surface area contributed by atoms with Crippen LogP contribution in [0.15, 0.2) is 29.2 Å². The molecule has 0 saturated carbocycles. The average Bonchev–Trinajstić information content (AvgIpc) is 2.97. The fraction of sp³-hybridized carbons (Fsp3) is 0.286. The molecule has 1 unspecified atom stereocenters. The summed E-state index contributed by atoms with van der Waals surface area (Å²) in [6.45, 7) is 1.65. The highest BCUT2D eigenvalue weighted by molar-refractivity contribution is 8.00. The third-order valence-corrected chi connectivity index (χ3v) is 4.93. The number of methoxy groups -OCH3 is 1. The number of benzene rings is 1. The third-order valence-electron chi connectivity index (χ3n) is 2.79. The molecule has 0 aliphatic carbocycles. The number of nitrogens with zero attached hydrogens (tertiary/aromatic N) is 2. The average molecular weight is 373 g/mol. The summed E-state index contributed by atoms with van der Waals surface area (Å²) in [6.07, 6.45) is 0. The number of rotatable bonds is 6. The minimum atomic E-state index is -0.519. The van der Waals surface area contributed by atoms with Gasteiger partial charge in [0.1, 0.15) is 21.9 Å². The molecule has 0 bridgehead atoms. The van der Waals surface area contributed by atoms with Crippen molar-refractivity contribution in [3.05, 3.63) is 39.9 Å². The Labute approximate surface area is 146 Å². The molecule has 2 aromatic rings. The number of carbonyl (C=O) groups is 2. The summed E-state index contributed by atoms with van der Waals surface area (Å²) < 4.78 is 14.0. The van der Waals surface area contributed by atoms with Gasteiger partial charge in [0.2, 0.25) is 0 Å². The topological polar surface area (TPSA) is 78.4 Å². The number of esters is 2. The molecule has 0 saturated heterocycles. The van der Waals surface area contributed by atoms with Crippen LogP contribution in [0.25, 0.3) is 0 Å². The monoisotopic (exact) mass is 372 g/mol. The number of carbonyl (C=O) groups excluding carboxylic acids is 2. The van der Waals surface area contributed by atoms with Gasteiger partial charge in [0.05, 0.1) is 12.7 Å². The normalized spacial score (nSPS) is 11.8. The Morgan fingerprint density at radius 2 is 2.13 bits per heavy atom. The summed E-state index contributed by atoms with van der Waals surface area (Å²) in [6, 6.07) is 6.89. The summed E-state index contributed by atoms with van der Waals surface area (Å²) in [4.78, 5) is 24.4. The van der Waals surface area contributed by atoms with Crippen LogP contribution in [0, 0.1) is 0 Å². The van der Waals surface area contributed by atoms with Crippen LogP contribution in [0.4, 0.5) is 0 Å². The first-order chi connectivity index (χ1) is 11.0. The predicted octanol–water partition coefficient (Wildman–Crippen LogP) is 3.20. The van der Waals surface area contributed by atoms with Gasteiger partial charge >= 0.3 is 11.9 Å². The van der Waals surface area contributed by atoms with Gasteiger partial charge in [0.25, 0.3) is 0 Å². The van der Waals surface area contributed by atoms with Crippen LogP contribution in [0.3, 0.4) is 0 Å². The molecule has 122 valence electrons. The van der Waals surface area contributed by atoms with E-state index in [2.05, 4.69) is 14.3 Å². The number of aromatic nitrogens is 2. The molecule has 0 amide bonds. The van der Waals surface area contributed by atoms with Gasteiger partial charge in [-0.2, -0.15) is 0 Å². The molecule has 1 aromatic heterocycles. The summed E-state index contributed by atoms with van der Waals surface area (Å²) in [7, 11) is 1.32. The first-order valence-electron chi connectivity index (χ1n) is 6.50. The first kappa shape index (κ1) is 17.7. The second-order valence-corrected chi connectivity index (χ2v) is 7.09. The van der Waals surface area contributed by atoms with E-state index in [0.717, 1.165) is 11.5 Å². The lowest BCUT2D eigenvalue weighted by atomic mass is 10.2. The third kappa shape index (κ3) is 4.66. The fourth-order valence-corrected chi connectivity index (χ4v) is 3.25. The van der Waals surface area contributed by atoms with Gasteiger partial charge in [-0.3, -0.25) is 4.79 Å². The van der Waals surface area contributed by atoms with Crippen molar-refractivity contribution in [2.24, 2.45) is 0 Å². The zero-order valence-electron chi connectivity index (χ0n) is 12.3. The lowest BCUT2D eigenvalue weighted by Crippen LogP contribution is -2.15. The maximum atomic E-state index is 12.3. The second kappa shape index (κ2) is 8.28. The molecule has 9 heteroatoms. The van der Waals surface area contributed by atoms with E-state index in [1.807, 2.05) is 0 Å². The highest BCUT2D eigenvalue weighted by Crippen LogP contribution is 2.28.